The summed E-state index contributed by atoms with van der Waals surface area (Å²) in [5.74, 6) is 0.666. The van der Waals surface area contributed by atoms with E-state index in [1.807, 2.05) is 72.8 Å². The summed E-state index contributed by atoms with van der Waals surface area (Å²) in [5, 5.41) is 2.83. The van der Waals surface area contributed by atoms with E-state index in [0.29, 0.717) is 12.3 Å². The molecule has 0 saturated heterocycles. The van der Waals surface area contributed by atoms with Crippen molar-refractivity contribution in [1.29, 1.82) is 0 Å². The number of nitrogens with zero attached hydrogens (tertiary/aromatic N) is 1. The number of nitrogens with one attached hydrogen (secondary N) is 1. The molecule has 1 amide bonds. The normalized spacial score (nSPS) is 10.2. The van der Waals surface area contributed by atoms with E-state index < -0.39 is 0 Å². The minimum atomic E-state index is -0.0970. The van der Waals surface area contributed by atoms with Crippen molar-refractivity contribution in [3.8, 4) is 17.0 Å². The molecule has 0 spiro atoms. The van der Waals surface area contributed by atoms with Crippen molar-refractivity contribution in [2.75, 3.05) is 11.9 Å². The van der Waals surface area contributed by atoms with Crippen LogP contribution in [-0.4, -0.2) is 17.5 Å². The third kappa shape index (κ3) is 4.43. The van der Waals surface area contributed by atoms with Gasteiger partial charge in [0.2, 0.25) is 5.91 Å². The summed E-state index contributed by atoms with van der Waals surface area (Å²) in [5.41, 5.74) is 2.60. The third-order valence-electron chi connectivity index (χ3n) is 3.46. The summed E-state index contributed by atoms with van der Waals surface area (Å²) in [6.45, 7) is 0.339. The van der Waals surface area contributed by atoms with Crippen molar-refractivity contribution < 1.29 is 9.53 Å². The Morgan fingerprint density at radius 3 is 2.29 bits per heavy atom. The second kappa shape index (κ2) is 7.92. The van der Waals surface area contributed by atoms with Crippen molar-refractivity contribution in [2.24, 2.45) is 0 Å². The molecule has 4 nitrogen and oxygen atoms in total. The Kier molecular flexibility index (Phi) is 5.20. The smallest absolute Gasteiger partial charge is 0.227 e. The highest BCUT2D eigenvalue weighted by Gasteiger charge is 2.04. The molecule has 1 heterocycles. The van der Waals surface area contributed by atoms with E-state index in [1.54, 1.807) is 6.20 Å². The van der Waals surface area contributed by atoms with E-state index in [4.69, 9.17) is 4.74 Å². The molecule has 0 aliphatic rings. The molecule has 4 heteroatoms. The molecule has 2 aromatic carbocycles. The van der Waals surface area contributed by atoms with E-state index in [0.717, 1.165) is 17.0 Å². The summed E-state index contributed by atoms with van der Waals surface area (Å²) in [4.78, 5) is 16.3. The lowest BCUT2D eigenvalue weighted by molar-refractivity contribution is -0.116. The van der Waals surface area contributed by atoms with Crippen LogP contribution in [0.5, 0.6) is 5.75 Å². The zero-order valence-corrected chi connectivity index (χ0v) is 13.2. The van der Waals surface area contributed by atoms with Gasteiger partial charge in [-0.15, -0.1) is 0 Å². The van der Waals surface area contributed by atoms with Crippen LogP contribution in [0, 0.1) is 0 Å². The van der Waals surface area contributed by atoms with Gasteiger partial charge in [-0.05, 0) is 24.3 Å². The summed E-state index contributed by atoms with van der Waals surface area (Å²) in [7, 11) is 0. The number of pyridine rings is 1. The van der Waals surface area contributed by atoms with Crippen LogP contribution in [0.1, 0.15) is 6.42 Å². The first-order chi connectivity index (χ1) is 11.8. The first-order valence-corrected chi connectivity index (χ1v) is 7.80. The average molecular weight is 318 g/mol. The molecule has 0 aliphatic heterocycles. The Morgan fingerprint density at radius 2 is 1.62 bits per heavy atom. The highest BCUT2D eigenvalue weighted by atomic mass is 16.5. The molecule has 0 fully saturated rings. The van der Waals surface area contributed by atoms with Gasteiger partial charge in [-0.2, -0.15) is 0 Å². The highest BCUT2D eigenvalue weighted by Crippen LogP contribution is 2.18. The predicted octanol–water partition coefficient (Wildman–Crippen LogP) is 4.16. The standard InChI is InChI=1S/C20H18N2O2/c23-20(13-14-24-18-9-5-2-6-10-18)22-17-11-12-19(21-15-17)16-7-3-1-4-8-16/h1-12,15H,13-14H2,(H,22,23). The van der Waals surface area contributed by atoms with Gasteiger partial charge in [-0.1, -0.05) is 48.5 Å². The lowest BCUT2D eigenvalue weighted by Gasteiger charge is -2.08. The second-order valence-corrected chi connectivity index (χ2v) is 5.26. The fourth-order valence-corrected chi connectivity index (χ4v) is 2.25. The number of ether oxygens (including phenoxy) is 1. The van der Waals surface area contributed by atoms with Gasteiger partial charge in [-0.3, -0.25) is 9.78 Å². The van der Waals surface area contributed by atoms with Crippen molar-refractivity contribution in [3.63, 3.8) is 0 Å². The molecular formula is C20H18N2O2. The lowest BCUT2D eigenvalue weighted by Crippen LogP contribution is -2.15. The van der Waals surface area contributed by atoms with Crippen LogP contribution < -0.4 is 10.1 Å². The average Bonchev–Trinajstić information content (AvgIpc) is 2.64. The number of carbonyl (C=O) groups excluding carboxylic acids is 1. The summed E-state index contributed by atoms with van der Waals surface area (Å²) in [6.07, 6.45) is 1.95. The van der Waals surface area contributed by atoms with Crippen LogP contribution in [0.25, 0.3) is 11.3 Å². The van der Waals surface area contributed by atoms with Gasteiger partial charge in [0.15, 0.2) is 0 Å². The van der Waals surface area contributed by atoms with Gasteiger partial charge in [0, 0.05) is 5.56 Å². The number of aromatic nitrogens is 1. The molecule has 24 heavy (non-hydrogen) atoms. The Hall–Kier alpha value is -3.14. The topological polar surface area (TPSA) is 51.2 Å². The Labute approximate surface area is 141 Å². The van der Waals surface area contributed by atoms with Crippen LogP contribution in [-0.2, 0) is 4.79 Å². The third-order valence-corrected chi connectivity index (χ3v) is 3.46. The number of hydrogen-bond donors (Lipinski definition) is 1. The number of anilines is 1. The van der Waals surface area contributed by atoms with Gasteiger partial charge in [0.25, 0.3) is 0 Å². The predicted molar refractivity (Wildman–Crippen MR) is 94.9 cm³/mol. The Bertz CT molecular complexity index is 772. The molecule has 0 unspecified atom stereocenters. The van der Waals surface area contributed by atoms with Gasteiger partial charge in [0.05, 0.1) is 30.6 Å². The Morgan fingerprint density at radius 1 is 0.917 bits per heavy atom. The molecule has 1 N–H and O–H groups in total. The second-order valence-electron chi connectivity index (χ2n) is 5.26. The quantitative estimate of drug-likeness (QED) is 0.742. The van der Waals surface area contributed by atoms with Gasteiger partial charge < -0.3 is 10.1 Å². The van der Waals surface area contributed by atoms with Crippen LogP contribution >= 0.6 is 0 Å². The molecule has 0 radical (unpaired) electrons. The van der Waals surface area contributed by atoms with E-state index >= 15 is 0 Å². The number of hydrogen-bond acceptors (Lipinski definition) is 3. The SMILES string of the molecule is O=C(CCOc1ccccc1)Nc1ccc(-c2ccccc2)nc1. The monoisotopic (exact) mass is 318 g/mol. The first-order valence-electron chi connectivity index (χ1n) is 7.80. The minimum absolute atomic E-state index is 0.0970. The number of benzene rings is 2. The molecule has 0 atom stereocenters. The molecule has 0 aliphatic carbocycles. The van der Waals surface area contributed by atoms with Crippen LogP contribution in [0.15, 0.2) is 79.0 Å². The minimum Gasteiger partial charge on any atom is -0.493 e. The molecule has 0 bridgehead atoms. The summed E-state index contributed by atoms with van der Waals surface area (Å²) < 4.78 is 5.51. The maximum absolute atomic E-state index is 11.9. The Balaban J connectivity index is 1.49. The molecule has 0 saturated carbocycles. The fourth-order valence-electron chi connectivity index (χ4n) is 2.25. The van der Waals surface area contributed by atoms with Crippen molar-refractivity contribution >= 4 is 11.6 Å². The van der Waals surface area contributed by atoms with Crippen molar-refractivity contribution in [3.05, 3.63) is 79.0 Å². The van der Waals surface area contributed by atoms with E-state index in [1.165, 1.54) is 0 Å². The molecule has 120 valence electrons. The molecule has 3 aromatic rings. The maximum atomic E-state index is 11.9. The zero-order valence-electron chi connectivity index (χ0n) is 13.2. The summed E-state index contributed by atoms with van der Waals surface area (Å²) in [6, 6.07) is 23.1. The number of carbonyl (C=O) groups is 1. The first kappa shape index (κ1) is 15.7. The van der Waals surface area contributed by atoms with Gasteiger partial charge >= 0.3 is 0 Å². The molecule has 1 aromatic heterocycles. The van der Waals surface area contributed by atoms with Crippen molar-refractivity contribution in [2.45, 2.75) is 6.42 Å². The van der Waals surface area contributed by atoms with Gasteiger partial charge in [-0.25, -0.2) is 0 Å². The van der Waals surface area contributed by atoms with E-state index in [2.05, 4.69) is 10.3 Å². The van der Waals surface area contributed by atoms with E-state index in [9.17, 15) is 4.79 Å². The number of amides is 1. The van der Waals surface area contributed by atoms with Crippen LogP contribution in [0.4, 0.5) is 5.69 Å². The molecule has 3 rings (SSSR count). The van der Waals surface area contributed by atoms with Gasteiger partial charge in [0.1, 0.15) is 5.75 Å². The van der Waals surface area contributed by atoms with Crippen LogP contribution in [0.2, 0.25) is 0 Å². The molecular weight excluding hydrogens is 300 g/mol. The fraction of sp³-hybridized carbons (Fsp3) is 0.100. The number of rotatable bonds is 6. The van der Waals surface area contributed by atoms with Crippen LogP contribution in [0.3, 0.4) is 0 Å². The van der Waals surface area contributed by atoms with E-state index in [-0.39, 0.29) is 12.3 Å². The largest absolute Gasteiger partial charge is 0.493 e. The lowest BCUT2D eigenvalue weighted by atomic mass is 10.1. The number of para-hydroxylation sites is 1. The zero-order chi connectivity index (χ0) is 16.6. The maximum Gasteiger partial charge on any atom is 0.227 e. The summed E-state index contributed by atoms with van der Waals surface area (Å²) >= 11 is 0. The van der Waals surface area contributed by atoms with Crippen molar-refractivity contribution in [1.82, 2.24) is 4.98 Å². The highest BCUT2D eigenvalue weighted by molar-refractivity contribution is 5.90.